The highest BCUT2D eigenvalue weighted by molar-refractivity contribution is 5.78. The SMILES string of the molecule is CCN(C)C(=O)Cc1ccc(N=O)cc1. The Kier molecular flexibility index (Phi) is 3.97. The molecule has 0 bridgehead atoms. The Morgan fingerprint density at radius 3 is 2.40 bits per heavy atom. The van der Waals surface area contributed by atoms with E-state index in [9.17, 15) is 9.70 Å². The Balaban J connectivity index is 2.65. The van der Waals surface area contributed by atoms with Crippen molar-refractivity contribution in [3.05, 3.63) is 34.7 Å². The van der Waals surface area contributed by atoms with Gasteiger partial charge in [-0.1, -0.05) is 12.1 Å². The van der Waals surface area contributed by atoms with Crippen LogP contribution >= 0.6 is 0 Å². The zero-order valence-electron chi connectivity index (χ0n) is 8.93. The number of carbonyl (C=O) groups is 1. The molecule has 1 aromatic rings. The van der Waals surface area contributed by atoms with Crippen molar-refractivity contribution in [1.82, 2.24) is 4.90 Å². The highest BCUT2D eigenvalue weighted by Gasteiger charge is 2.07. The second-order valence-corrected chi connectivity index (χ2v) is 3.34. The molecular formula is C11H14N2O2. The molecule has 0 radical (unpaired) electrons. The Labute approximate surface area is 88.9 Å². The highest BCUT2D eigenvalue weighted by atomic mass is 16.3. The molecule has 4 heteroatoms. The third-order valence-electron chi connectivity index (χ3n) is 2.30. The molecule has 0 fully saturated rings. The van der Waals surface area contributed by atoms with Crippen LogP contribution in [0.4, 0.5) is 5.69 Å². The minimum Gasteiger partial charge on any atom is -0.346 e. The lowest BCUT2D eigenvalue weighted by Crippen LogP contribution is -2.27. The van der Waals surface area contributed by atoms with Crippen molar-refractivity contribution in [3.8, 4) is 0 Å². The van der Waals surface area contributed by atoms with Gasteiger partial charge in [0.05, 0.1) is 6.42 Å². The fraction of sp³-hybridized carbons (Fsp3) is 0.364. The number of nitrogens with zero attached hydrogens (tertiary/aromatic N) is 2. The second-order valence-electron chi connectivity index (χ2n) is 3.34. The summed E-state index contributed by atoms with van der Waals surface area (Å²) < 4.78 is 0. The normalized spacial score (nSPS) is 9.73. The lowest BCUT2D eigenvalue weighted by atomic mass is 10.1. The van der Waals surface area contributed by atoms with Crippen molar-refractivity contribution < 1.29 is 4.79 Å². The summed E-state index contributed by atoms with van der Waals surface area (Å²) in [4.78, 5) is 23.4. The molecule has 0 N–H and O–H groups in total. The summed E-state index contributed by atoms with van der Waals surface area (Å²) in [7, 11) is 1.77. The summed E-state index contributed by atoms with van der Waals surface area (Å²) in [6.07, 6.45) is 0.365. The van der Waals surface area contributed by atoms with Crippen LogP contribution in [0.3, 0.4) is 0 Å². The summed E-state index contributed by atoms with van der Waals surface area (Å²) >= 11 is 0. The number of hydrogen-bond acceptors (Lipinski definition) is 3. The molecule has 4 nitrogen and oxygen atoms in total. The number of nitroso groups, excluding NO2 is 1. The van der Waals surface area contributed by atoms with E-state index in [1.54, 1.807) is 36.2 Å². The Bertz CT molecular complexity index is 346. The van der Waals surface area contributed by atoms with E-state index in [0.717, 1.165) is 5.56 Å². The molecule has 0 unspecified atom stereocenters. The molecule has 15 heavy (non-hydrogen) atoms. The van der Waals surface area contributed by atoms with Crippen LogP contribution in [0.2, 0.25) is 0 Å². The molecular weight excluding hydrogens is 192 g/mol. The first-order valence-corrected chi connectivity index (χ1v) is 4.83. The smallest absolute Gasteiger partial charge is 0.226 e. The van der Waals surface area contributed by atoms with Crippen LogP contribution in [0.1, 0.15) is 12.5 Å². The van der Waals surface area contributed by atoms with Crippen molar-refractivity contribution >= 4 is 11.6 Å². The van der Waals surface area contributed by atoms with Crippen LogP contribution in [0.5, 0.6) is 0 Å². The second kappa shape index (κ2) is 5.24. The molecule has 1 rings (SSSR count). The molecule has 0 saturated heterocycles. The van der Waals surface area contributed by atoms with Crippen LogP contribution in [0, 0.1) is 4.91 Å². The van der Waals surface area contributed by atoms with E-state index >= 15 is 0 Å². The van der Waals surface area contributed by atoms with Gasteiger partial charge in [-0.3, -0.25) is 4.79 Å². The van der Waals surface area contributed by atoms with Crippen LogP contribution < -0.4 is 0 Å². The molecule has 0 aliphatic rings. The fourth-order valence-corrected chi connectivity index (χ4v) is 1.16. The number of rotatable bonds is 4. The van der Waals surface area contributed by atoms with Crippen LogP contribution in [-0.4, -0.2) is 24.4 Å². The van der Waals surface area contributed by atoms with E-state index in [0.29, 0.717) is 18.7 Å². The fourth-order valence-electron chi connectivity index (χ4n) is 1.16. The molecule has 1 amide bonds. The summed E-state index contributed by atoms with van der Waals surface area (Å²) in [5.74, 6) is 0.0734. The maximum atomic E-state index is 11.5. The number of benzene rings is 1. The van der Waals surface area contributed by atoms with Crippen LogP contribution in [0.15, 0.2) is 29.4 Å². The number of hydrogen-bond donors (Lipinski definition) is 0. The van der Waals surface area contributed by atoms with Gasteiger partial charge in [0.25, 0.3) is 0 Å². The maximum Gasteiger partial charge on any atom is 0.226 e. The highest BCUT2D eigenvalue weighted by Crippen LogP contribution is 2.12. The first-order chi connectivity index (χ1) is 7.17. The third kappa shape index (κ3) is 3.16. The molecule has 0 aliphatic carbocycles. The van der Waals surface area contributed by atoms with Crippen molar-refractivity contribution in [2.45, 2.75) is 13.3 Å². The van der Waals surface area contributed by atoms with Gasteiger partial charge in [0, 0.05) is 13.6 Å². The Morgan fingerprint density at radius 2 is 1.93 bits per heavy atom. The van der Waals surface area contributed by atoms with Crippen molar-refractivity contribution in [1.29, 1.82) is 0 Å². The number of amides is 1. The first-order valence-electron chi connectivity index (χ1n) is 4.83. The molecule has 0 aromatic heterocycles. The minimum absolute atomic E-state index is 0.0734. The molecule has 1 aromatic carbocycles. The lowest BCUT2D eigenvalue weighted by molar-refractivity contribution is -0.128. The van der Waals surface area contributed by atoms with Gasteiger partial charge in [0.2, 0.25) is 5.91 Å². The Hall–Kier alpha value is -1.71. The van der Waals surface area contributed by atoms with E-state index in [1.807, 2.05) is 6.92 Å². The van der Waals surface area contributed by atoms with Gasteiger partial charge in [-0.15, -0.1) is 4.91 Å². The zero-order valence-corrected chi connectivity index (χ0v) is 8.93. The summed E-state index contributed by atoms with van der Waals surface area (Å²) in [5, 5.41) is 2.80. The quantitative estimate of drug-likeness (QED) is 0.708. The average molecular weight is 206 g/mol. The summed E-state index contributed by atoms with van der Waals surface area (Å²) in [5.41, 5.74) is 1.28. The molecule has 80 valence electrons. The van der Waals surface area contributed by atoms with Crippen molar-refractivity contribution in [2.75, 3.05) is 13.6 Å². The molecule has 0 saturated carbocycles. The van der Waals surface area contributed by atoms with E-state index in [4.69, 9.17) is 0 Å². The minimum atomic E-state index is 0.0734. The van der Waals surface area contributed by atoms with Gasteiger partial charge in [0.1, 0.15) is 5.69 Å². The van der Waals surface area contributed by atoms with Gasteiger partial charge in [-0.05, 0) is 29.8 Å². The monoisotopic (exact) mass is 206 g/mol. The van der Waals surface area contributed by atoms with E-state index in [2.05, 4.69) is 5.18 Å². The topological polar surface area (TPSA) is 49.7 Å². The van der Waals surface area contributed by atoms with E-state index in [1.165, 1.54) is 0 Å². The molecule has 0 aliphatic heterocycles. The first kappa shape index (κ1) is 11.4. The van der Waals surface area contributed by atoms with Crippen molar-refractivity contribution in [3.63, 3.8) is 0 Å². The standard InChI is InChI=1S/C11H14N2O2/c1-3-13(2)11(14)8-9-4-6-10(12-15)7-5-9/h4-7H,3,8H2,1-2H3. The molecule has 0 atom stereocenters. The van der Waals surface area contributed by atoms with E-state index < -0.39 is 0 Å². The summed E-state index contributed by atoms with van der Waals surface area (Å²) in [6.45, 7) is 2.63. The predicted molar refractivity (Wildman–Crippen MR) is 58.9 cm³/mol. The largest absolute Gasteiger partial charge is 0.346 e. The van der Waals surface area contributed by atoms with Crippen molar-refractivity contribution in [2.24, 2.45) is 5.18 Å². The van der Waals surface area contributed by atoms with Gasteiger partial charge in [-0.25, -0.2) is 0 Å². The lowest BCUT2D eigenvalue weighted by Gasteiger charge is -2.14. The molecule has 0 spiro atoms. The van der Waals surface area contributed by atoms with Gasteiger partial charge in [-0.2, -0.15) is 0 Å². The summed E-state index contributed by atoms with van der Waals surface area (Å²) in [6, 6.07) is 6.72. The van der Waals surface area contributed by atoms with E-state index in [-0.39, 0.29) is 5.91 Å². The average Bonchev–Trinajstić information content (AvgIpc) is 2.29. The molecule has 0 heterocycles. The van der Waals surface area contributed by atoms with Gasteiger partial charge >= 0.3 is 0 Å². The maximum absolute atomic E-state index is 11.5. The third-order valence-corrected chi connectivity index (χ3v) is 2.30. The Morgan fingerprint density at radius 1 is 1.33 bits per heavy atom. The van der Waals surface area contributed by atoms with Gasteiger partial charge in [0.15, 0.2) is 0 Å². The van der Waals surface area contributed by atoms with Crippen LogP contribution in [0.25, 0.3) is 0 Å². The number of carbonyl (C=O) groups excluding carboxylic acids is 1. The predicted octanol–water partition coefficient (Wildman–Crippen LogP) is 2.11. The van der Waals surface area contributed by atoms with Crippen LogP contribution in [-0.2, 0) is 11.2 Å². The number of likely N-dealkylation sites (N-methyl/N-ethyl adjacent to an activating group) is 1. The zero-order chi connectivity index (χ0) is 11.3. The van der Waals surface area contributed by atoms with Gasteiger partial charge < -0.3 is 4.90 Å².